The summed E-state index contributed by atoms with van der Waals surface area (Å²) in [5.74, 6) is 0.558. The number of carbonyl (C=O) groups is 1. The van der Waals surface area contributed by atoms with Gasteiger partial charge in [-0.1, -0.05) is 42.5 Å². The van der Waals surface area contributed by atoms with E-state index in [0.717, 1.165) is 28.1 Å². The van der Waals surface area contributed by atoms with Crippen molar-refractivity contribution in [2.75, 3.05) is 0 Å². The van der Waals surface area contributed by atoms with Gasteiger partial charge in [-0.15, -0.1) is 0 Å². The summed E-state index contributed by atoms with van der Waals surface area (Å²) in [6.45, 7) is 0. The molecule has 8 heteroatoms. The van der Waals surface area contributed by atoms with E-state index in [-0.39, 0.29) is 23.9 Å². The zero-order chi connectivity index (χ0) is 22.3. The second-order valence-corrected chi connectivity index (χ2v) is 6.89. The molecule has 1 aromatic heterocycles. The molecule has 4 rings (SSSR count). The maximum Gasteiger partial charge on any atom is 0.287 e. The Morgan fingerprint density at radius 3 is 2.56 bits per heavy atom. The van der Waals surface area contributed by atoms with E-state index in [0.29, 0.717) is 5.75 Å². The molecular weight excluding hydrogens is 408 g/mol. The normalized spacial score (nSPS) is 10.9. The number of fused-ring (bicyclic) bond motifs is 1. The summed E-state index contributed by atoms with van der Waals surface area (Å²) >= 11 is 0. The standard InChI is InChI=1S/C24H18N4O4/c29-23(14-19-6-3-5-18-4-1-2-7-22(18)19)27-26-15-17-8-11-21(12-9-17)32-24-13-10-20(16-25-24)28(30)31/h1-13,15-16H,14H2,(H,27,29)/b26-15+. The van der Waals surface area contributed by atoms with Crippen LogP contribution in [0, 0.1) is 10.1 Å². The largest absolute Gasteiger partial charge is 0.439 e. The Hall–Kier alpha value is -4.59. The van der Waals surface area contributed by atoms with Gasteiger partial charge >= 0.3 is 0 Å². The summed E-state index contributed by atoms with van der Waals surface area (Å²) in [7, 11) is 0. The average molecular weight is 426 g/mol. The van der Waals surface area contributed by atoms with Crippen LogP contribution in [0.5, 0.6) is 11.6 Å². The highest BCUT2D eigenvalue weighted by Crippen LogP contribution is 2.21. The number of aromatic nitrogens is 1. The van der Waals surface area contributed by atoms with E-state index >= 15 is 0 Å². The highest BCUT2D eigenvalue weighted by molar-refractivity contribution is 5.90. The fraction of sp³-hybridized carbons (Fsp3) is 0.0417. The summed E-state index contributed by atoms with van der Waals surface area (Å²) in [5.41, 5.74) is 4.15. The van der Waals surface area contributed by atoms with Gasteiger partial charge in [-0.05, 0) is 46.2 Å². The fourth-order valence-corrected chi connectivity index (χ4v) is 3.12. The first-order chi connectivity index (χ1) is 15.6. The van der Waals surface area contributed by atoms with Gasteiger partial charge in [0.1, 0.15) is 11.9 Å². The number of benzene rings is 3. The Labute approximate surface area is 183 Å². The smallest absolute Gasteiger partial charge is 0.287 e. The van der Waals surface area contributed by atoms with E-state index < -0.39 is 4.92 Å². The highest BCUT2D eigenvalue weighted by atomic mass is 16.6. The van der Waals surface area contributed by atoms with Crippen molar-refractivity contribution in [2.24, 2.45) is 5.10 Å². The number of amides is 1. The third-order valence-corrected chi connectivity index (χ3v) is 4.67. The van der Waals surface area contributed by atoms with Gasteiger partial charge in [0.15, 0.2) is 0 Å². The lowest BCUT2D eigenvalue weighted by Gasteiger charge is -2.06. The van der Waals surface area contributed by atoms with Gasteiger partial charge < -0.3 is 4.74 Å². The Morgan fingerprint density at radius 2 is 1.81 bits per heavy atom. The van der Waals surface area contributed by atoms with Crippen molar-refractivity contribution in [1.82, 2.24) is 10.4 Å². The van der Waals surface area contributed by atoms with Crippen molar-refractivity contribution >= 4 is 28.6 Å². The molecule has 0 unspecified atom stereocenters. The van der Waals surface area contributed by atoms with Crippen LogP contribution in [0.4, 0.5) is 5.69 Å². The zero-order valence-corrected chi connectivity index (χ0v) is 16.8. The van der Waals surface area contributed by atoms with E-state index in [1.54, 1.807) is 24.3 Å². The minimum atomic E-state index is -0.522. The molecule has 158 valence electrons. The Bertz CT molecular complexity index is 1280. The van der Waals surface area contributed by atoms with Crippen molar-refractivity contribution < 1.29 is 14.5 Å². The first-order valence-electron chi connectivity index (χ1n) is 9.75. The molecule has 0 aliphatic carbocycles. The minimum Gasteiger partial charge on any atom is -0.439 e. The van der Waals surface area contributed by atoms with Crippen LogP contribution in [0.25, 0.3) is 10.8 Å². The van der Waals surface area contributed by atoms with E-state index in [1.165, 1.54) is 18.3 Å². The third kappa shape index (κ3) is 5.11. The maximum absolute atomic E-state index is 12.3. The predicted molar refractivity (Wildman–Crippen MR) is 121 cm³/mol. The van der Waals surface area contributed by atoms with Crippen molar-refractivity contribution in [3.63, 3.8) is 0 Å². The number of pyridine rings is 1. The molecule has 0 aliphatic heterocycles. The molecule has 1 amide bonds. The molecule has 0 saturated carbocycles. The molecule has 0 bridgehead atoms. The Balaban J connectivity index is 1.32. The zero-order valence-electron chi connectivity index (χ0n) is 16.8. The lowest BCUT2D eigenvalue weighted by atomic mass is 10.0. The summed E-state index contributed by atoms with van der Waals surface area (Å²) in [5, 5.41) is 16.8. The molecule has 0 saturated heterocycles. The SMILES string of the molecule is O=C(Cc1cccc2ccccc12)N/N=C/c1ccc(Oc2ccc([N+](=O)[O-])cn2)cc1. The minimum absolute atomic E-state index is 0.105. The molecule has 0 radical (unpaired) electrons. The average Bonchev–Trinajstić information content (AvgIpc) is 2.81. The van der Waals surface area contributed by atoms with Gasteiger partial charge in [0.2, 0.25) is 11.8 Å². The van der Waals surface area contributed by atoms with Crippen LogP contribution in [0.15, 0.2) is 90.2 Å². The van der Waals surface area contributed by atoms with E-state index in [2.05, 4.69) is 15.5 Å². The molecule has 0 spiro atoms. The first-order valence-corrected chi connectivity index (χ1v) is 9.75. The molecule has 4 aromatic rings. The molecular formula is C24H18N4O4. The molecule has 3 aromatic carbocycles. The van der Waals surface area contributed by atoms with E-state index in [1.807, 2.05) is 42.5 Å². The Morgan fingerprint density at radius 1 is 1.03 bits per heavy atom. The molecule has 0 aliphatic rings. The summed E-state index contributed by atoms with van der Waals surface area (Å²) in [4.78, 5) is 26.3. The first kappa shape index (κ1) is 20.7. The molecule has 8 nitrogen and oxygen atoms in total. The van der Waals surface area contributed by atoms with Crippen LogP contribution in [0.3, 0.4) is 0 Å². The molecule has 32 heavy (non-hydrogen) atoms. The molecule has 1 heterocycles. The van der Waals surface area contributed by atoms with Crippen molar-refractivity contribution in [3.8, 4) is 11.6 Å². The topological polar surface area (TPSA) is 107 Å². The van der Waals surface area contributed by atoms with Crippen molar-refractivity contribution in [1.29, 1.82) is 0 Å². The number of nitro groups is 1. The number of hydrogen-bond donors (Lipinski definition) is 1. The number of nitrogens with zero attached hydrogens (tertiary/aromatic N) is 3. The van der Waals surface area contributed by atoms with Crippen LogP contribution < -0.4 is 10.2 Å². The van der Waals surface area contributed by atoms with Gasteiger partial charge in [-0.25, -0.2) is 10.4 Å². The third-order valence-electron chi connectivity index (χ3n) is 4.67. The summed E-state index contributed by atoms with van der Waals surface area (Å²) < 4.78 is 5.56. The van der Waals surface area contributed by atoms with Gasteiger partial charge in [-0.3, -0.25) is 14.9 Å². The van der Waals surface area contributed by atoms with E-state index in [9.17, 15) is 14.9 Å². The summed E-state index contributed by atoms with van der Waals surface area (Å²) in [6, 6.07) is 23.5. The van der Waals surface area contributed by atoms with Gasteiger partial charge in [-0.2, -0.15) is 5.10 Å². The lowest BCUT2D eigenvalue weighted by molar-refractivity contribution is -0.385. The summed E-state index contributed by atoms with van der Waals surface area (Å²) in [6.07, 6.45) is 2.90. The highest BCUT2D eigenvalue weighted by Gasteiger charge is 2.07. The monoisotopic (exact) mass is 426 g/mol. The van der Waals surface area contributed by atoms with Gasteiger partial charge in [0.25, 0.3) is 5.69 Å². The predicted octanol–water partition coefficient (Wildman–Crippen LogP) is 4.63. The Kier molecular flexibility index (Phi) is 6.12. The number of hydrazone groups is 1. The molecule has 1 N–H and O–H groups in total. The van der Waals surface area contributed by atoms with Crippen LogP contribution in [-0.4, -0.2) is 22.0 Å². The lowest BCUT2D eigenvalue weighted by Crippen LogP contribution is -2.19. The number of nitrogens with one attached hydrogen (secondary N) is 1. The van der Waals surface area contributed by atoms with Crippen LogP contribution >= 0.6 is 0 Å². The van der Waals surface area contributed by atoms with Crippen LogP contribution in [0.1, 0.15) is 11.1 Å². The number of carbonyl (C=O) groups excluding carboxylic acids is 1. The maximum atomic E-state index is 12.3. The fourth-order valence-electron chi connectivity index (χ4n) is 3.12. The number of rotatable bonds is 7. The second kappa shape index (κ2) is 9.48. The second-order valence-electron chi connectivity index (χ2n) is 6.89. The quantitative estimate of drug-likeness (QED) is 0.263. The number of ether oxygens (including phenoxy) is 1. The van der Waals surface area contributed by atoms with Crippen molar-refractivity contribution in [3.05, 3.63) is 106 Å². The number of hydrogen-bond acceptors (Lipinski definition) is 6. The molecule has 0 fully saturated rings. The van der Waals surface area contributed by atoms with Crippen LogP contribution in [-0.2, 0) is 11.2 Å². The van der Waals surface area contributed by atoms with E-state index in [4.69, 9.17) is 4.74 Å². The van der Waals surface area contributed by atoms with Gasteiger partial charge in [0.05, 0.1) is 17.6 Å². The van der Waals surface area contributed by atoms with Gasteiger partial charge in [0, 0.05) is 12.1 Å². The van der Waals surface area contributed by atoms with Crippen LogP contribution in [0.2, 0.25) is 0 Å². The van der Waals surface area contributed by atoms with Crippen molar-refractivity contribution in [2.45, 2.75) is 6.42 Å². The molecule has 0 atom stereocenters.